The van der Waals surface area contributed by atoms with Crippen LogP contribution >= 0.6 is 0 Å². The van der Waals surface area contributed by atoms with Gasteiger partial charge in [0.2, 0.25) is 5.78 Å². The highest BCUT2D eigenvalue weighted by Gasteiger charge is 2.40. The third kappa shape index (κ3) is 4.40. The molecule has 2 rings (SSSR count). The predicted molar refractivity (Wildman–Crippen MR) is 94.2 cm³/mol. The maximum absolute atomic E-state index is 12.8. The van der Waals surface area contributed by atoms with Crippen molar-refractivity contribution in [2.75, 3.05) is 26.7 Å². The van der Waals surface area contributed by atoms with E-state index < -0.39 is 29.6 Å². The number of Topliss-reactive ketones (excluding diaryl/α,β-unsaturated/α-hetero) is 1. The molecule has 0 radical (unpaired) electrons. The van der Waals surface area contributed by atoms with Crippen molar-refractivity contribution in [1.29, 1.82) is 0 Å². The molecule has 0 unspecified atom stereocenters. The van der Waals surface area contributed by atoms with Crippen LogP contribution in [0.3, 0.4) is 0 Å². The highest BCUT2D eigenvalue weighted by molar-refractivity contribution is 6.01. The first-order valence-electron chi connectivity index (χ1n) is 8.84. The van der Waals surface area contributed by atoms with Crippen LogP contribution in [0.1, 0.15) is 33.6 Å². The van der Waals surface area contributed by atoms with E-state index in [1.54, 1.807) is 26.0 Å². The Hall–Kier alpha value is -1.99. The molecule has 0 aromatic carbocycles. The summed E-state index contributed by atoms with van der Waals surface area (Å²) >= 11 is 0. The Morgan fingerprint density at radius 3 is 2.69 bits per heavy atom. The van der Waals surface area contributed by atoms with Gasteiger partial charge < -0.3 is 19.5 Å². The average Bonchev–Trinajstić information content (AvgIpc) is 2.59. The summed E-state index contributed by atoms with van der Waals surface area (Å²) < 4.78 is 10.7. The third-order valence-corrected chi connectivity index (χ3v) is 5.15. The van der Waals surface area contributed by atoms with E-state index in [1.165, 1.54) is 6.92 Å². The van der Waals surface area contributed by atoms with Gasteiger partial charge in [0.1, 0.15) is 6.61 Å². The molecule has 2 heterocycles. The van der Waals surface area contributed by atoms with Gasteiger partial charge in [-0.1, -0.05) is 19.1 Å². The van der Waals surface area contributed by atoms with Crippen LogP contribution in [-0.2, 0) is 23.9 Å². The van der Waals surface area contributed by atoms with Crippen molar-refractivity contribution in [3.63, 3.8) is 0 Å². The van der Waals surface area contributed by atoms with E-state index in [0.717, 1.165) is 0 Å². The molecule has 0 amide bonds. The molecule has 7 nitrogen and oxygen atoms in total. The van der Waals surface area contributed by atoms with Crippen molar-refractivity contribution in [3.8, 4) is 0 Å². The highest BCUT2D eigenvalue weighted by Crippen LogP contribution is 2.27. The van der Waals surface area contributed by atoms with Crippen LogP contribution in [0.2, 0.25) is 0 Å². The Balaban J connectivity index is 2.42. The van der Waals surface area contributed by atoms with E-state index in [9.17, 15) is 19.5 Å². The standard InChI is InChI=1S/C19H27NO6/c1-5-13-10-12(2)19(3,24)18(23)25-11-14-6-8-20(4)9-7-15(16(14)21)26-17(13)22/h5-6,12,15,24H,7-11H2,1-4H3/b13-5+,14-6-/t12-,15-,19+/m0/s1. The van der Waals surface area contributed by atoms with Gasteiger partial charge in [-0.2, -0.15) is 0 Å². The second-order valence-corrected chi connectivity index (χ2v) is 7.18. The molecule has 1 N–H and O–H groups in total. The number of ether oxygens (including phenoxy) is 2. The number of allylic oxidation sites excluding steroid dienone is 1. The van der Waals surface area contributed by atoms with Crippen LogP contribution in [0.15, 0.2) is 23.3 Å². The minimum absolute atomic E-state index is 0.140. The number of rotatable bonds is 0. The van der Waals surface area contributed by atoms with Gasteiger partial charge in [0.05, 0.1) is 0 Å². The predicted octanol–water partition coefficient (Wildman–Crippen LogP) is 1.01. The maximum Gasteiger partial charge on any atom is 0.338 e. The van der Waals surface area contributed by atoms with Gasteiger partial charge >= 0.3 is 11.9 Å². The van der Waals surface area contributed by atoms with Crippen LogP contribution in [0.25, 0.3) is 0 Å². The molecule has 7 heteroatoms. The highest BCUT2D eigenvalue weighted by atomic mass is 16.6. The van der Waals surface area contributed by atoms with Crippen LogP contribution in [0, 0.1) is 5.92 Å². The number of hydrogen-bond acceptors (Lipinski definition) is 7. The molecule has 0 aromatic rings. The van der Waals surface area contributed by atoms with E-state index in [1.807, 2.05) is 11.9 Å². The van der Waals surface area contributed by atoms with E-state index in [0.29, 0.717) is 25.1 Å². The largest absolute Gasteiger partial charge is 0.459 e. The number of likely N-dealkylation sites (N-methyl/N-ethyl adjacent to an activating group) is 1. The molecule has 1 saturated heterocycles. The summed E-state index contributed by atoms with van der Waals surface area (Å²) in [5.41, 5.74) is -1.19. The number of carbonyl (C=O) groups is 3. The summed E-state index contributed by atoms with van der Waals surface area (Å²) in [4.78, 5) is 39.7. The zero-order valence-electron chi connectivity index (χ0n) is 15.8. The van der Waals surface area contributed by atoms with Gasteiger partial charge in [0.15, 0.2) is 11.7 Å². The first kappa shape index (κ1) is 20.3. The molecule has 0 spiro atoms. The van der Waals surface area contributed by atoms with Crippen molar-refractivity contribution in [1.82, 2.24) is 4.90 Å². The molecule has 1 fully saturated rings. The molecule has 0 saturated carbocycles. The Morgan fingerprint density at radius 2 is 2.04 bits per heavy atom. The first-order valence-corrected chi connectivity index (χ1v) is 8.84. The van der Waals surface area contributed by atoms with Crippen LogP contribution in [-0.4, -0.2) is 66.2 Å². The van der Waals surface area contributed by atoms with Gasteiger partial charge in [-0.05, 0) is 33.2 Å². The zero-order valence-corrected chi connectivity index (χ0v) is 15.8. The minimum Gasteiger partial charge on any atom is -0.459 e. The fraction of sp³-hybridized carbons (Fsp3) is 0.632. The van der Waals surface area contributed by atoms with Crippen LogP contribution < -0.4 is 0 Å². The summed E-state index contributed by atoms with van der Waals surface area (Å²) in [5, 5.41) is 10.6. The summed E-state index contributed by atoms with van der Waals surface area (Å²) in [5.74, 6) is -2.32. The van der Waals surface area contributed by atoms with E-state index in [2.05, 4.69) is 0 Å². The Morgan fingerprint density at radius 1 is 1.35 bits per heavy atom. The SMILES string of the molecule is C/C=C1\C[C@H](C)[C@@](C)(O)C(=O)OC/C2=C/CN(C)CC[C@H](OC1=O)C2=O. The van der Waals surface area contributed by atoms with Crippen molar-refractivity contribution >= 4 is 17.7 Å². The number of hydrogen-bond donors (Lipinski definition) is 1. The summed E-state index contributed by atoms with van der Waals surface area (Å²) in [6.45, 7) is 5.58. The van der Waals surface area contributed by atoms with Crippen molar-refractivity contribution in [3.05, 3.63) is 23.3 Å². The first-order chi connectivity index (χ1) is 12.2. The van der Waals surface area contributed by atoms with Gasteiger partial charge in [0, 0.05) is 30.7 Å². The number of fused-ring (bicyclic) bond motifs is 2. The van der Waals surface area contributed by atoms with Gasteiger partial charge in [0.25, 0.3) is 0 Å². The summed E-state index contributed by atoms with van der Waals surface area (Å²) in [6.07, 6.45) is 2.86. The number of cyclic esters (lactones) is 1. The monoisotopic (exact) mass is 365 g/mol. The second-order valence-electron chi connectivity index (χ2n) is 7.18. The maximum atomic E-state index is 12.8. The minimum atomic E-state index is -1.78. The Kier molecular flexibility index (Phi) is 6.36. The topological polar surface area (TPSA) is 93.1 Å². The molecular formula is C19H27NO6. The lowest BCUT2D eigenvalue weighted by Crippen LogP contribution is -2.45. The lowest BCUT2D eigenvalue weighted by atomic mass is 9.85. The van der Waals surface area contributed by atoms with Gasteiger partial charge in [-0.15, -0.1) is 0 Å². The van der Waals surface area contributed by atoms with E-state index in [4.69, 9.17) is 9.47 Å². The molecule has 0 aliphatic carbocycles. The Bertz CT molecular complexity index is 648. The van der Waals surface area contributed by atoms with E-state index in [-0.39, 0.29) is 24.4 Å². The van der Waals surface area contributed by atoms with Gasteiger partial charge in [-0.3, -0.25) is 4.79 Å². The fourth-order valence-corrected chi connectivity index (χ4v) is 2.92. The van der Waals surface area contributed by atoms with E-state index >= 15 is 0 Å². The smallest absolute Gasteiger partial charge is 0.338 e. The molecule has 2 aliphatic rings. The fourth-order valence-electron chi connectivity index (χ4n) is 2.92. The molecule has 26 heavy (non-hydrogen) atoms. The molecular weight excluding hydrogens is 338 g/mol. The number of carbonyl (C=O) groups excluding carboxylic acids is 3. The van der Waals surface area contributed by atoms with Crippen molar-refractivity contribution in [2.24, 2.45) is 5.92 Å². The molecule has 3 atom stereocenters. The quantitative estimate of drug-likeness (QED) is 0.506. The zero-order chi connectivity index (χ0) is 19.5. The van der Waals surface area contributed by atoms with Crippen molar-refractivity contribution in [2.45, 2.75) is 45.3 Å². The lowest BCUT2D eigenvalue weighted by Gasteiger charge is -2.31. The van der Waals surface area contributed by atoms with Crippen molar-refractivity contribution < 1.29 is 29.0 Å². The number of aliphatic hydroxyl groups is 1. The Labute approximate surface area is 153 Å². The average molecular weight is 365 g/mol. The van der Waals surface area contributed by atoms with Crippen LogP contribution in [0.4, 0.5) is 0 Å². The summed E-state index contributed by atoms with van der Waals surface area (Å²) in [6, 6.07) is 0. The normalized spacial score (nSPS) is 36.0. The molecule has 2 bridgehead atoms. The molecule has 0 aromatic heterocycles. The van der Waals surface area contributed by atoms with Gasteiger partial charge in [-0.25, -0.2) is 9.59 Å². The second kappa shape index (κ2) is 8.14. The molecule has 144 valence electrons. The number of nitrogens with zero attached hydrogens (tertiary/aromatic N) is 1. The van der Waals surface area contributed by atoms with Crippen LogP contribution in [0.5, 0.6) is 0 Å². The number of esters is 2. The summed E-state index contributed by atoms with van der Waals surface area (Å²) in [7, 11) is 1.89. The molecule has 2 aliphatic heterocycles. The lowest BCUT2D eigenvalue weighted by molar-refractivity contribution is -0.169. The number of ketones is 1. The third-order valence-electron chi connectivity index (χ3n) is 5.15.